The number of hydrogen-bond donors (Lipinski definition) is 1. The Bertz CT molecular complexity index is 401. The molecule has 18 heavy (non-hydrogen) atoms. The van der Waals surface area contributed by atoms with Crippen molar-refractivity contribution in [3.05, 3.63) is 0 Å². The molecule has 0 bridgehead atoms. The number of carbonyl (C=O) groups is 3. The van der Waals surface area contributed by atoms with Crippen molar-refractivity contribution in [2.75, 3.05) is 24.7 Å². The summed E-state index contributed by atoms with van der Waals surface area (Å²) in [5.41, 5.74) is -1.12. The highest BCUT2D eigenvalue weighted by atomic mass is 32.2. The zero-order valence-corrected chi connectivity index (χ0v) is 11.0. The predicted octanol–water partition coefficient (Wildman–Crippen LogP) is -0.0150. The number of nitrogens with zero attached hydrogens (tertiary/aromatic N) is 2. The van der Waals surface area contributed by atoms with Gasteiger partial charge in [-0.1, -0.05) is 0 Å². The Morgan fingerprint density at radius 1 is 1.50 bits per heavy atom. The molecule has 2 aliphatic heterocycles. The third-order valence-corrected chi connectivity index (χ3v) is 4.50. The molecule has 0 radical (unpaired) electrons. The van der Waals surface area contributed by atoms with E-state index in [-0.39, 0.29) is 18.4 Å². The fourth-order valence-corrected chi connectivity index (χ4v) is 3.28. The molecule has 0 saturated carbocycles. The zero-order valence-electron chi connectivity index (χ0n) is 10.2. The molecule has 2 fully saturated rings. The average molecular weight is 272 g/mol. The van der Waals surface area contributed by atoms with Crippen molar-refractivity contribution in [3.63, 3.8) is 0 Å². The average Bonchev–Trinajstić information content (AvgIpc) is 2.87. The molecule has 2 saturated heterocycles. The summed E-state index contributed by atoms with van der Waals surface area (Å²) in [6.07, 6.45) is 1.16. The maximum Gasteiger partial charge on any atom is 0.329 e. The van der Waals surface area contributed by atoms with E-state index < -0.39 is 11.5 Å². The lowest BCUT2D eigenvalue weighted by Gasteiger charge is -2.32. The van der Waals surface area contributed by atoms with Crippen molar-refractivity contribution >= 4 is 29.5 Å². The summed E-state index contributed by atoms with van der Waals surface area (Å²) in [6.45, 7) is 2.02. The van der Waals surface area contributed by atoms with Crippen LogP contribution in [-0.2, 0) is 14.4 Å². The van der Waals surface area contributed by atoms with Crippen LogP contribution in [0.3, 0.4) is 0 Å². The molecule has 0 aliphatic carbocycles. The normalized spacial score (nSPS) is 27.9. The van der Waals surface area contributed by atoms with E-state index >= 15 is 0 Å². The van der Waals surface area contributed by atoms with Crippen molar-refractivity contribution in [1.29, 1.82) is 0 Å². The summed E-state index contributed by atoms with van der Waals surface area (Å²) in [4.78, 5) is 37.7. The standard InChI is InChI=1S/C11H16N2O4S/c1-11(10(16)17)3-2-4-13(11)8(14)5-12-7-18-6-9(12)15/h2-7H2,1H3,(H,16,17). The van der Waals surface area contributed by atoms with Gasteiger partial charge in [0.25, 0.3) is 0 Å². The Morgan fingerprint density at radius 2 is 2.22 bits per heavy atom. The van der Waals surface area contributed by atoms with E-state index in [4.69, 9.17) is 0 Å². The Hall–Kier alpha value is -1.24. The molecular formula is C11H16N2O4S. The Balaban J connectivity index is 2.04. The molecule has 0 aromatic carbocycles. The number of likely N-dealkylation sites (tertiary alicyclic amines) is 1. The van der Waals surface area contributed by atoms with Gasteiger partial charge in [0.2, 0.25) is 11.8 Å². The number of amides is 2. The van der Waals surface area contributed by atoms with Gasteiger partial charge in [-0.15, -0.1) is 11.8 Å². The van der Waals surface area contributed by atoms with E-state index in [2.05, 4.69) is 0 Å². The van der Waals surface area contributed by atoms with Gasteiger partial charge < -0.3 is 14.9 Å². The Kier molecular flexibility index (Phi) is 3.52. The number of rotatable bonds is 3. The molecule has 2 aliphatic rings. The summed E-state index contributed by atoms with van der Waals surface area (Å²) >= 11 is 1.47. The fourth-order valence-electron chi connectivity index (χ4n) is 2.37. The lowest BCUT2D eigenvalue weighted by Crippen LogP contribution is -2.53. The van der Waals surface area contributed by atoms with Crippen molar-refractivity contribution in [3.8, 4) is 0 Å². The molecule has 0 spiro atoms. The SMILES string of the molecule is CC1(C(=O)O)CCCN1C(=O)CN1CSCC1=O. The van der Waals surface area contributed by atoms with Crippen molar-refractivity contribution in [1.82, 2.24) is 9.80 Å². The second-order valence-corrected chi connectivity index (χ2v) is 5.75. The second-order valence-electron chi connectivity index (χ2n) is 4.80. The lowest BCUT2D eigenvalue weighted by atomic mass is 9.99. The van der Waals surface area contributed by atoms with Gasteiger partial charge in [-0.05, 0) is 19.8 Å². The maximum atomic E-state index is 12.1. The van der Waals surface area contributed by atoms with Gasteiger partial charge in [0.05, 0.1) is 11.6 Å². The van der Waals surface area contributed by atoms with Crippen LogP contribution in [0.25, 0.3) is 0 Å². The van der Waals surface area contributed by atoms with Gasteiger partial charge in [-0.25, -0.2) is 4.79 Å². The third kappa shape index (κ3) is 2.19. The van der Waals surface area contributed by atoms with Crippen molar-refractivity contribution in [2.24, 2.45) is 0 Å². The summed E-state index contributed by atoms with van der Waals surface area (Å²) in [6, 6.07) is 0. The van der Waals surface area contributed by atoms with E-state index in [9.17, 15) is 19.5 Å². The van der Waals surface area contributed by atoms with Crippen LogP contribution in [0.4, 0.5) is 0 Å². The van der Waals surface area contributed by atoms with Crippen LogP contribution < -0.4 is 0 Å². The van der Waals surface area contributed by atoms with E-state index in [1.54, 1.807) is 6.92 Å². The summed E-state index contributed by atoms with van der Waals surface area (Å²) in [7, 11) is 0. The highest BCUT2D eigenvalue weighted by Crippen LogP contribution is 2.29. The first-order valence-electron chi connectivity index (χ1n) is 5.84. The van der Waals surface area contributed by atoms with Gasteiger partial charge in [0, 0.05) is 6.54 Å². The monoisotopic (exact) mass is 272 g/mol. The topological polar surface area (TPSA) is 77.9 Å². The highest BCUT2D eigenvalue weighted by Gasteiger charge is 2.46. The Labute approximate surface area is 109 Å². The van der Waals surface area contributed by atoms with E-state index in [0.717, 1.165) is 0 Å². The van der Waals surface area contributed by atoms with E-state index in [1.807, 2.05) is 0 Å². The highest BCUT2D eigenvalue weighted by molar-refractivity contribution is 8.00. The van der Waals surface area contributed by atoms with Crippen molar-refractivity contribution in [2.45, 2.75) is 25.3 Å². The van der Waals surface area contributed by atoms with Crippen LogP contribution in [0.2, 0.25) is 0 Å². The molecule has 1 atom stereocenters. The second kappa shape index (κ2) is 4.79. The number of carboxylic acids is 1. The number of hydrogen-bond acceptors (Lipinski definition) is 4. The van der Waals surface area contributed by atoms with Crippen LogP contribution in [0, 0.1) is 0 Å². The third-order valence-electron chi connectivity index (χ3n) is 3.55. The molecule has 1 unspecified atom stereocenters. The molecule has 0 aromatic heterocycles. The minimum Gasteiger partial charge on any atom is -0.480 e. The fraction of sp³-hybridized carbons (Fsp3) is 0.727. The number of carbonyl (C=O) groups excluding carboxylic acids is 2. The van der Waals surface area contributed by atoms with Crippen LogP contribution >= 0.6 is 11.8 Å². The molecule has 2 heterocycles. The van der Waals surface area contributed by atoms with Gasteiger partial charge in [-0.2, -0.15) is 0 Å². The van der Waals surface area contributed by atoms with Crippen LogP contribution in [0.15, 0.2) is 0 Å². The molecule has 1 N–H and O–H groups in total. The molecule has 6 nitrogen and oxygen atoms in total. The van der Waals surface area contributed by atoms with Crippen LogP contribution in [-0.4, -0.2) is 62.9 Å². The number of thioether (sulfide) groups is 1. The number of aliphatic carboxylic acids is 1. The predicted molar refractivity (Wildman–Crippen MR) is 66.0 cm³/mol. The van der Waals surface area contributed by atoms with E-state index in [1.165, 1.54) is 21.6 Å². The lowest BCUT2D eigenvalue weighted by molar-refractivity contribution is -0.156. The van der Waals surface area contributed by atoms with Gasteiger partial charge in [0.1, 0.15) is 12.1 Å². The summed E-state index contributed by atoms with van der Waals surface area (Å²) < 4.78 is 0. The van der Waals surface area contributed by atoms with Gasteiger partial charge >= 0.3 is 5.97 Å². The smallest absolute Gasteiger partial charge is 0.329 e. The summed E-state index contributed by atoms with van der Waals surface area (Å²) in [5.74, 6) is -0.376. The maximum absolute atomic E-state index is 12.1. The van der Waals surface area contributed by atoms with Gasteiger partial charge in [-0.3, -0.25) is 9.59 Å². The molecule has 100 valence electrons. The molecule has 2 rings (SSSR count). The summed E-state index contributed by atoms with van der Waals surface area (Å²) in [5, 5.41) is 9.23. The van der Waals surface area contributed by atoms with Crippen LogP contribution in [0.5, 0.6) is 0 Å². The first-order chi connectivity index (χ1) is 8.45. The van der Waals surface area contributed by atoms with Crippen molar-refractivity contribution < 1.29 is 19.5 Å². The van der Waals surface area contributed by atoms with Crippen LogP contribution in [0.1, 0.15) is 19.8 Å². The minimum absolute atomic E-state index is 0.00525. The minimum atomic E-state index is -1.12. The quantitative estimate of drug-likeness (QED) is 0.781. The Morgan fingerprint density at radius 3 is 2.78 bits per heavy atom. The molecular weight excluding hydrogens is 256 g/mol. The van der Waals surface area contributed by atoms with Gasteiger partial charge in [0.15, 0.2) is 0 Å². The number of carboxylic acid groups (broad SMARTS) is 1. The largest absolute Gasteiger partial charge is 0.480 e. The zero-order chi connectivity index (χ0) is 13.3. The van der Waals surface area contributed by atoms with E-state index in [0.29, 0.717) is 31.0 Å². The molecule has 0 aromatic rings. The first kappa shape index (κ1) is 13.2. The molecule has 7 heteroatoms. The first-order valence-corrected chi connectivity index (χ1v) is 7.00. The molecule has 2 amide bonds.